The molecule has 1 N–H and O–H groups in total. The van der Waals surface area contributed by atoms with Crippen LogP contribution in [0.5, 0.6) is 5.75 Å². The number of nitrogens with zero attached hydrogens (tertiary/aromatic N) is 2. The van der Waals surface area contributed by atoms with E-state index in [4.69, 9.17) is 16.3 Å². The molecule has 0 radical (unpaired) electrons. The molecule has 1 aliphatic rings. The van der Waals surface area contributed by atoms with E-state index in [0.717, 1.165) is 25.2 Å². The van der Waals surface area contributed by atoms with Gasteiger partial charge in [-0.3, -0.25) is 9.59 Å². The first-order chi connectivity index (χ1) is 15.8. The Morgan fingerprint density at radius 1 is 1.03 bits per heavy atom. The highest BCUT2D eigenvalue weighted by atomic mass is 35.5. The van der Waals surface area contributed by atoms with Crippen LogP contribution < -0.4 is 15.0 Å². The topological polar surface area (TPSA) is 61.9 Å². The lowest BCUT2D eigenvalue weighted by atomic mass is 9.99. The summed E-state index contributed by atoms with van der Waals surface area (Å²) >= 11 is 6.52. The van der Waals surface area contributed by atoms with Crippen molar-refractivity contribution in [2.24, 2.45) is 5.92 Å². The summed E-state index contributed by atoms with van der Waals surface area (Å²) in [6, 6.07) is 13.4. The van der Waals surface area contributed by atoms with Crippen molar-refractivity contribution in [1.29, 1.82) is 0 Å². The first-order valence-corrected chi connectivity index (χ1v) is 12.0. The second-order valence-electron chi connectivity index (χ2n) is 8.85. The number of rotatable bonds is 8. The lowest BCUT2D eigenvalue weighted by Gasteiger charge is -2.37. The molecule has 0 bridgehead atoms. The molecule has 1 saturated heterocycles. The highest BCUT2D eigenvalue weighted by Crippen LogP contribution is 2.30. The monoisotopic (exact) mass is 471 g/mol. The molecule has 178 valence electrons. The lowest BCUT2D eigenvalue weighted by Crippen LogP contribution is -2.50. The predicted molar refractivity (Wildman–Crippen MR) is 134 cm³/mol. The average Bonchev–Trinajstić information content (AvgIpc) is 2.82. The Morgan fingerprint density at radius 3 is 2.27 bits per heavy atom. The Hall–Kier alpha value is -2.73. The van der Waals surface area contributed by atoms with Gasteiger partial charge in [-0.2, -0.15) is 0 Å². The Balaban J connectivity index is 1.51. The average molecular weight is 472 g/mol. The largest absolute Gasteiger partial charge is 0.484 e. The number of halogens is 1. The van der Waals surface area contributed by atoms with E-state index >= 15 is 0 Å². The summed E-state index contributed by atoms with van der Waals surface area (Å²) in [7, 11) is 0. The molecule has 3 rings (SSSR count). The first kappa shape index (κ1) is 24.9. The van der Waals surface area contributed by atoms with Crippen molar-refractivity contribution in [3.05, 3.63) is 53.1 Å². The molecule has 7 heteroatoms. The number of hydrogen-bond acceptors (Lipinski definition) is 4. The molecule has 2 aromatic carbocycles. The van der Waals surface area contributed by atoms with Crippen molar-refractivity contribution in [2.75, 3.05) is 43.0 Å². The second kappa shape index (κ2) is 11.4. The van der Waals surface area contributed by atoms with Gasteiger partial charge in [-0.25, -0.2) is 0 Å². The number of piperazine rings is 1. The van der Waals surface area contributed by atoms with Gasteiger partial charge in [-0.15, -0.1) is 0 Å². The van der Waals surface area contributed by atoms with E-state index in [1.165, 1.54) is 5.56 Å². The quantitative estimate of drug-likeness (QED) is 0.576. The van der Waals surface area contributed by atoms with Crippen LogP contribution in [-0.4, -0.2) is 49.5 Å². The van der Waals surface area contributed by atoms with E-state index in [2.05, 4.69) is 24.1 Å². The van der Waals surface area contributed by atoms with Crippen molar-refractivity contribution in [2.45, 2.75) is 40.0 Å². The molecule has 0 spiro atoms. The van der Waals surface area contributed by atoms with Crippen LogP contribution in [-0.2, 0) is 9.59 Å². The Bertz CT molecular complexity index is 954. The number of anilines is 2. The van der Waals surface area contributed by atoms with Gasteiger partial charge in [0.15, 0.2) is 6.61 Å². The van der Waals surface area contributed by atoms with Crippen LogP contribution in [0.4, 0.5) is 11.4 Å². The molecular weight excluding hydrogens is 438 g/mol. The van der Waals surface area contributed by atoms with Gasteiger partial charge in [0.1, 0.15) is 5.75 Å². The Kier molecular flexibility index (Phi) is 8.61. The highest BCUT2D eigenvalue weighted by molar-refractivity contribution is 6.33. The molecule has 6 nitrogen and oxygen atoms in total. The summed E-state index contributed by atoms with van der Waals surface area (Å²) in [6.07, 6.45) is 1.08. The van der Waals surface area contributed by atoms with Gasteiger partial charge in [0, 0.05) is 37.8 Å². The summed E-state index contributed by atoms with van der Waals surface area (Å²) in [5.41, 5.74) is 2.79. The molecule has 0 saturated carbocycles. The molecule has 0 aliphatic carbocycles. The molecule has 1 unspecified atom stereocenters. The molecule has 1 aliphatic heterocycles. The first-order valence-electron chi connectivity index (χ1n) is 11.6. The van der Waals surface area contributed by atoms with E-state index in [0.29, 0.717) is 35.5 Å². The van der Waals surface area contributed by atoms with Crippen molar-refractivity contribution in [3.63, 3.8) is 0 Å². The normalized spacial score (nSPS) is 14.8. The minimum Gasteiger partial charge on any atom is -0.484 e. The summed E-state index contributed by atoms with van der Waals surface area (Å²) in [5, 5.41) is 3.40. The Morgan fingerprint density at radius 2 is 1.70 bits per heavy atom. The standard InChI is InChI=1S/C26H34ClN3O3/c1-5-19(4)20-6-9-22(10-7-20)33-17-25(31)28-21-8-11-24(23(27)16-21)29-12-14-30(15-13-29)26(32)18(2)3/h6-11,16,18-19H,5,12-15,17H2,1-4H3,(H,28,31). The minimum atomic E-state index is -0.245. The van der Waals surface area contributed by atoms with E-state index in [1.807, 2.05) is 55.1 Å². The van der Waals surface area contributed by atoms with Gasteiger partial charge in [0.05, 0.1) is 10.7 Å². The number of nitrogens with one attached hydrogen (secondary N) is 1. The highest BCUT2D eigenvalue weighted by Gasteiger charge is 2.24. The van der Waals surface area contributed by atoms with Crippen molar-refractivity contribution in [1.82, 2.24) is 4.90 Å². The second-order valence-corrected chi connectivity index (χ2v) is 9.26. The number of carbonyl (C=O) groups is 2. The summed E-state index contributed by atoms with van der Waals surface area (Å²) in [6.45, 7) is 10.9. The zero-order chi connectivity index (χ0) is 24.0. The van der Waals surface area contributed by atoms with Crippen LogP contribution in [0.25, 0.3) is 0 Å². The molecule has 2 aromatic rings. The fourth-order valence-electron chi connectivity index (χ4n) is 3.85. The molecule has 0 aromatic heterocycles. The zero-order valence-electron chi connectivity index (χ0n) is 19.9. The van der Waals surface area contributed by atoms with Gasteiger partial charge in [-0.05, 0) is 48.2 Å². The number of carbonyl (C=O) groups excluding carboxylic acids is 2. The minimum absolute atomic E-state index is 0.0103. The SMILES string of the molecule is CCC(C)c1ccc(OCC(=O)Nc2ccc(N3CCN(C(=O)C(C)C)CC3)c(Cl)c2)cc1. The third-order valence-corrected chi connectivity index (χ3v) is 6.39. The number of ether oxygens (including phenoxy) is 1. The molecule has 33 heavy (non-hydrogen) atoms. The zero-order valence-corrected chi connectivity index (χ0v) is 20.7. The van der Waals surface area contributed by atoms with Crippen LogP contribution in [0, 0.1) is 5.92 Å². The molecule has 1 atom stereocenters. The van der Waals surface area contributed by atoms with E-state index < -0.39 is 0 Å². The van der Waals surface area contributed by atoms with Crippen molar-refractivity contribution >= 4 is 34.8 Å². The van der Waals surface area contributed by atoms with Crippen LogP contribution in [0.15, 0.2) is 42.5 Å². The van der Waals surface area contributed by atoms with Gasteiger partial charge in [0.2, 0.25) is 5.91 Å². The van der Waals surface area contributed by atoms with Crippen molar-refractivity contribution < 1.29 is 14.3 Å². The van der Waals surface area contributed by atoms with Gasteiger partial charge < -0.3 is 19.9 Å². The molecule has 2 amide bonds. The van der Waals surface area contributed by atoms with Crippen LogP contribution in [0.1, 0.15) is 45.6 Å². The number of hydrogen-bond donors (Lipinski definition) is 1. The van der Waals surface area contributed by atoms with E-state index in [1.54, 1.807) is 6.07 Å². The number of benzene rings is 2. The third kappa shape index (κ3) is 6.64. The van der Waals surface area contributed by atoms with Crippen LogP contribution >= 0.6 is 11.6 Å². The summed E-state index contributed by atoms with van der Waals surface area (Å²) < 4.78 is 5.62. The maximum Gasteiger partial charge on any atom is 0.262 e. The van der Waals surface area contributed by atoms with Crippen molar-refractivity contribution in [3.8, 4) is 5.75 Å². The maximum atomic E-state index is 12.3. The maximum absolute atomic E-state index is 12.3. The predicted octanol–water partition coefficient (Wildman–Crippen LogP) is 5.18. The summed E-state index contributed by atoms with van der Waals surface area (Å²) in [5.74, 6) is 1.12. The van der Waals surface area contributed by atoms with Gasteiger partial charge >= 0.3 is 0 Å². The number of amides is 2. The van der Waals surface area contributed by atoms with Crippen LogP contribution in [0.2, 0.25) is 5.02 Å². The summed E-state index contributed by atoms with van der Waals surface area (Å²) in [4.78, 5) is 28.6. The fourth-order valence-corrected chi connectivity index (χ4v) is 4.15. The van der Waals surface area contributed by atoms with Crippen LogP contribution in [0.3, 0.4) is 0 Å². The fraction of sp³-hybridized carbons (Fsp3) is 0.462. The molecule has 1 fully saturated rings. The lowest BCUT2D eigenvalue weighted by molar-refractivity contribution is -0.134. The third-order valence-electron chi connectivity index (χ3n) is 6.09. The van der Waals surface area contributed by atoms with E-state index in [-0.39, 0.29) is 24.3 Å². The van der Waals surface area contributed by atoms with Gasteiger partial charge in [-0.1, -0.05) is 51.4 Å². The van der Waals surface area contributed by atoms with E-state index in [9.17, 15) is 9.59 Å². The smallest absolute Gasteiger partial charge is 0.262 e. The van der Waals surface area contributed by atoms with Gasteiger partial charge in [0.25, 0.3) is 5.91 Å². The Labute approximate surface area is 201 Å². The molecular formula is C26H34ClN3O3. The molecule has 1 heterocycles.